The number of amides is 2. The van der Waals surface area contributed by atoms with Crippen molar-refractivity contribution in [3.63, 3.8) is 0 Å². The molecule has 0 spiro atoms. The average Bonchev–Trinajstić information content (AvgIpc) is 3.67. The molecule has 3 aliphatic rings. The molecule has 0 N–H and O–H groups in total. The quantitative estimate of drug-likeness (QED) is 0.0936. The van der Waals surface area contributed by atoms with Crippen LogP contribution >= 0.6 is 31.9 Å². The van der Waals surface area contributed by atoms with Gasteiger partial charge in [-0.05, 0) is 66.3 Å². The second-order valence-electron chi connectivity index (χ2n) is 11.4. The molecule has 0 radical (unpaired) electrons. The van der Waals surface area contributed by atoms with Gasteiger partial charge in [-0.1, -0.05) is 68.3 Å². The second kappa shape index (κ2) is 12.9. The van der Waals surface area contributed by atoms with Crippen LogP contribution in [0.2, 0.25) is 0 Å². The Labute approximate surface area is 276 Å². The van der Waals surface area contributed by atoms with E-state index in [-0.39, 0.29) is 51.0 Å². The van der Waals surface area contributed by atoms with Gasteiger partial charge in [0.05, 0.1) is 24.5 Å². The first-order chi connectivity index (χ1) is 21.7. The molecule has 0 aromatic heterocycles. The van der Waals surface area contributed by atoms with Gasteiger partial charge < -0.3 is 14.2 Å². The van der Waals surface area contributed by atoms with Crippen LogP contribution in [0.5, 0.6) is 11.5 Å². The molecular formula is C34H29Br2NO8. The van der Waals surface area contributed by atoms with Gasteiger partial charge >= 0.3 is 11.9 Å². The van der Waals surface area contributed by atoms with Crippen LogP contribution in [-0.4, -0.2) is 63.8 Å². The van der Waals surface area contributed by atoms with E-state index in [0.29, 0.717) is 11.3 Å². The minimum Gasteiger partial charge on any atom is -0.497 e. The van der Waals surface area contributed by atoms with Crippen LogP contribution in [0.1, 0.15) is 32.7 Å². The van der Waals surface area contributed by atoms with Gasteiger partial charge in [-0.2, -0.15) is 0 Å². The molecule has 1 saturated heterocycles. The molecule has 7 atom stereocenters. The van der Waals surface area contributed by atoms with E-state index in [0.717, 1.165) is 16.9 Å². The fourth-order valence-corrected chi connectivity index (χ4v) is 8.61. The number of ether oxygens (including phenoxy) is 3. The highest BCUT2D eigenvalue weighted by Crippen LogP contribution is 2.60. The Morgan fingerprint density at radius 1 is 0.822 bits per heavy atom. The van der Waals surface area contributed by atoms with Gasteiger partial charge in [0.2, 0.25) is 11.8 Å². The molecule has 3 aromatic rings. The molecule has 2 aliphatic carbocycles. The van der Waals surface area contributed by atoms with E-state index in [1.54, 1.807) is 24.3 Å². The molecule has 232 valence electrons. The van der Waals surface area contributed by atoms with Crippen molar-refractivity contribution in [2.24, 2.45) is 23.7 Å². The second-order valence-corrected chi connectivity index (χ2v) is 13.5. The Morgan fingerprint density at radius 3 is 2.09 bits per heavy atom. The Balaban J connectivity index is 1.13. The summed E-state index contributed by atoms with van der Waals surface area (Å²) in [5.41, 5.74) is 1.29. The predicted octanol–water partition coefficient (Wildman–Crippen LogP) is 5.03. The molecular weight excluding hydrogens is 710 g/mol. The highest BCUT2D eigenvalue weighted by Gasteiger charge is 2.67. The molecule has 6 rings (SSSR count). The van der Waals surface area contributed by atoms with Crippen LogP contribution in [0.3, 0.4) is 0 Å². The van der Waals surface area contributed by atoms with Crippen molar-refractivity contribution in [3.05, 3.63) is 95.6 Å². The number of Topliss-reactive ketones (excluding diaryl/α,β-unsaturated/α-hetero) is 1. The predicted molar refractivity (Wildman–Crippen MR) is 169 cm³/mol. The van der Waals surface area contributed by atoms with Gasteiger partial charge in [0.25, 0.3) is 0 Å². The number of likely N-dealkylation sites (tertiary alicyclic amines) is 1. The third kappa shape index (κ3) is 5.95. The van der Waals surface area contributed by atoms with Crippen LogP contribution in [0.4, 0.5) is 0 Å². The zero-order chi connectivity index (χ0) is 31.8. The highest BCUT2D eigenvalue weighted by atomic mass is 79.9. The summed E-state index contributed by atoms with van der Waals surface area (Å²) < 4.78 is 16.0. The maximum absolute atomic E-state index is 13.7. The van der Waals surface area contributed by atoms with Crippen LogP contribution < -0.4 is 9.47 Å². The fourth-order valence-electron chi connectivity index (χ4n) is 6.74. The lowest BCUT2D eigenvalue weighted by atomic mass is 9.81. The van der Waals surface area contributed by atoms with Crippen LogP contribution in [0.15, 0.2) is 78.9 Å². The number of carbonyl (C=O) groups excluding carboxylic acids is 5. The first kappa shape index (κ1) is 31.2. The number of alkyl halides is 2. The summed E-state index contributed by atoms with van der Waals surface area (Å²) in [6, 6.07) is 20.3. The number of imide groups is 1. The fraction of sp³-hybridized carbons (Fsp3) is 0.324. The number of fused-ring (bicyclic) bond motifs is 5. The molecule has 7 unspecified atom stereocenters. The molecule has 2 bridgehead atoms. The van der Waals surface area contributed by atoms with E-state index in [9.17, 15) is 24.0 Å². The van der Waals surface area contributed by atoms with Gasteiger partial charge in [0, 0.05) is 21.6 Å². The molecule has 2 amide bonds. The number of rotatable bonds is 10. The molecule has 1 heterocycles. The highest BCUT2D eigenvalue weighted by molar-refractivity contribution is 9.12. The minimum absolute atomic E-state index is 0.00133. The number of nitrogens with zero attached hydrogens (tertiary/aromatic N) is 1. The summed E-state index contributed by atoms with van der Waals surface area (Å²) in [6.07, 6.45) is 0.844. The smallest absolute Gasteiger partial charge is 0.343 e. The molecule has 3 aromatic carbocycles. The number of benzene rings is 3. The van der Waals surface area contributed by atoms with Crippen molar-refractivity contribution in [1.82, 2.24) is 4.90 Å². The van der Waals surface area contributed by atoms with Crippen molar-refractivity contribution in [2.45, 2.75) is 28.5 Å². The number of esters is 2. The third-order valence-corrected chi connectivity index (χ3v) is 12.1. The van der Waals surface area contributed by atoms with Crippen molar-refractivity contribution in [2.75, 3.05) is 13.7 Å². The monoisotopic (exact) mass is 737 g/mol. The Bertz CT molecular complexity index is 1610. The lowest BCUT2D eigenvalue weighted by molar-refractivity contribution is -0.158. The summed E-state index contributed by atoms with van der Waals surface area (Å²) in [5, 5.41) is 0. The lowest BCUT2D eigenvalue weighted by Gasteiger charge is -2.28. The van der Waals surface area contributed by atoms with E-state index in [4.69, 9.17) is 14.2 Å². The number of hydrogen-bond acceptors (Lipinski definition) is 8. The largest absolute Gasteiger partial charge is 0.497 e. The van der Waals surface area contributed by atoms with E-state index < -0.39 is 42.2 Å². The number of methoxy groups -OCH3 is 1. The van der Waals surface area contributed by atoms with Gasteiger partial charge in [-0.3, -0.25) is 19.3 Å². The van der Waals surface area contributed by atoms with E-state index in [1.165, 1.54) is 31.4 Å². The van der Waals surface area contributed by atoms with Crippen LogP contribution in [0, 0.1) is 23.7 Å². The van der Waals surface area contributed by atoms with Crippen LogP contribution in [0.25, 0.3) is 0 Å². The average molecular weight is 739 g/mol. The molecule has 45 heavy (non-hydrogen) atoms. The Morgan fingerprint density at radius 2 is 1.47 bits per heavy atom. The first-order valence-electron chi connectivity index (χ1n) is 14.5. The number of ketones is 1. The van der Waals surface area contributed by atoms with Crippen molar-refractivity contribution in [1.29, 1.82) is 0 Å². The van der Waals surface area contributed by atoms with Crippen LogP contribution in [-0.2, 0) is 25.5 Å². The summed E-state index contributed by atoms with van der Waals surface area (Å²) in [5.74, 6) is -2.85. The van der Waals surface area contributed by atoms with Gasteiger partial charge in [0.1, 0.15) is 17.5 Å². The summed E-state index contributed by atoms with van der Waals surface area (Å²) in [6.45, 7) is -0.589. The van der Waals surface area contributed by atoms with Gasteiger partial charge in [0.15, 0.2) is 12.4 Å². The van der Waals surface area contributed by atoms with E-state index in [2.05, 4.69) is 31.9 Å². The zero-order valence-electron chi connectivity index (χ0n) is 24.1. The molecule has 9 nitrogen and oxygen atoms in total. The third-order valence-electron chi connectivity index (χ3n) is 8.91. The first-order valence-corrected chi connectivity index (χ1v) is 16.4. The lowest BCUT2D eigenvalue weighted by Crippen LogP contribution is -2.48. The summed E-state index contributed by atoms with van der Waals surface area (Å²) in [4.78, 5) is 67.7. The minimum atomic E-state index is -1.20. The van der Waals surface area contributed by atoms with E-state index in [1.807, 2.05) is 30.3 Å². The maximum atomic E-state index is 13.7. The summed E-state index contributed by atoms with van der Waals surface area (Å²) >= 11 is 7.38. The van der Waals surface area contributed by atoms with E-state index >= 15 is 0 Å². The van der Waals surface area contributed by atoms with Gasteiger partial charge in [-0.15, -0.1) is 0 Å². The molecule has 3 fully saturated rings. The summed E-state index contributed by atoms with van der Waals surface area (Å²) in [7, 11) is 1.50. The number of hydrogen-bond donors (Lipinski definition) is 0. The van der Waals surface area contributed by atoms with Crippen molar-refractivity contribution >= 4 is 61.4 Å². The number of carbonyl (C=O) groups is 5. The topological polar surface area (TPSA) is 116 Å². The number of halogens is 2. The molecule has 1 aliphatic heterocycles. The normalized spacial score (nSPS) is 25.5. The van der Waals surface area contributed by atoms with Gasteiger partial charge in [-0.25, -0.2) is 9.59 Å². The van der Waals surface area contributed by atoms with Crippen molar-refractivity contribution < 1.29 is 38.2 Å². The molecule has 2 saturated carbocycles. The zero-order valence-corrected chi connectivity index (χ0v) is 27.3. The Hall–Kier alpha value is -3.83. The SMILES string of the molecule is COc1cccc(C(=O)Oc2ccc(C(=O)COC(=O)C(Cc3ccccc3)N3C(=O)C4C5CC(C(Br)C5Br)C4C3=O)cc2)c1. The maximum Gasteiger partial charge on any atom is 0.343 e. The Kier molecular flexibility index (Phi) is 8.92. The standard InChI is InChI=1S/C34H29Br2NO8/c1-43-22-9-5-8-20(15-22)33(41)45-21-12-10-19(11-13-21)26(38)17-44-34(42)25(14-18-6-3-2-4-7-18)37-31(39)27-23-16-24(28(27)32(37)40)30(36)29(23)35/h2-13,15,23-25,27-30H,14,16-17H2,1H3. The molecule has 11 heteroatoms. The van der Waals surface area contributed by atoms with Crippen molar-refractivity contribution in [3.8, 4) is 11.5 Å².